The van der Waals surface area contributed by atoms with Crippen molar-refractivity contribution in [3.05, 3.63) is 75.9 Å². The molecule has 2 aromatic rings. The van der Waals surface area contributed by atoms with Gasteiger partial charge in [0.05, 0.1) is 5.56 Å². The number of aryl methyl sites for hydroxylation is 2. The van der Waals surface area contributed by atoms with Crippen LogP contribution in [-0.2, 0) is 12.6 Å². The van der Waals surface area contributed by atoms with E-state index in [2.05, 4.69) is 4.99 Å². The Bertz CT molecular complexity index is 971. The number of aliphatic imine (C=N–C) groups is 1. The Hall–Kier alpha value is -3.09. The van der Waals surface area contributed by atoms with Gasteiger partial charge in [-0.3, -0.25) is 4.79 Å². The second-order valence-corrected chi connectivity index (χ2v) is 6.40. The highest BCUT2D eigenvalue weighted by molar-refractivity contribution is 6.02. The maximum absolute atomic E-state index is 12.9. The minimum atomic E-state index is -4.39. The van der Waals surface area contributed by atoms with E-state index in [1.165, 1.54) is 6.07 Å². The summed E-state index contributed by atoms with van der Waals surface area (Å²) >= 11 is 0. The Morgan fingerprint density at radius 1 is 1.07 bits per heavy atom. The van der Waals surface area contributed by atoms with Gasteiger partial charge in [-0.25, -0.2) is 0 Å². The van der Waals surface area contributed by atoms with Gasteiger partial charge in [0.2, 0.25) is 0 Å². The number of allylic oxidation sites excluding steroid dienone is 1. The van der Waals surface area contributed by atoms with Crippen LogP contribution < -0.4 is 11.5 Å². The Morgan fingerprint density at radius 3 is 2.44 bits per heavy atom. The molecule has 0 radical (unpaired) electrons. The van der Waals surface area contributed by atoms with Gasteiger partial charge in [0.1, 0.15) is 0 Å². The largest absolute Gasteiger partial charge is 0.416 e. The van der Waals surface area contributed by atoms with Crippen molar-refractivity contribution >= 4 is 17.4 Å². The third-order valence-electron chi connectivity index (χ3n) is 4.48. The van der Waals surface area contributed by atoms with Gasteiger partial charge in [-0.2, -0.15) is 18.2 Å². The van der Waals surface area contributed by atoms with E-state index in [0.717, 1.165) is 41.7 Å². The number of halogens is 3. The van der Waals surface area contributed by atoms with Crippen molar-refractivity contribution in [3.8, 4) is 0 Å². The molecular formula is C20H18F3N3O. The molecule has 4 nitrogen and oxygen atoms in total. The highest BCUT2D eigenvalue weighted by Crippen LogP contribution is 2.37. The molecule has 1 aliphatic rings. The van der Waals surface area contributed by atoms with E-state index >= 15 is 0 Å². The Labute approximate surface area is 154 Å². The molecule has 2 aromatic carbocycles. The molecule has 0 saturated heterocycles. The molecule has 1 aliphatic carbocycles. The number of hydrogen-bond donors (Lipinski definition) is 2. The van der Waals surface area contributed by atoms with Crippen LogP contribution in [0.2, 0.25) is 0 Å². The zero-order valence-electron chi connectivity index (χ0n) is 14.6. The van der Waals surface area contributed by atoms with E-state index in [1.807, 2.05) is 12.1 Å². The predicted molar refractivity (Wildman–Crippen MR) is 98.2 cm³/mol. The smallest absolute Gasteiger partial charge is 0.370 e. The number of amides is 1. The SMILES string of the molecule is Cc1cc(C(F)(F)F)ccc1C1=CCCc2ccc(C(=O)N=C(N)N)cc21. The molecular weight excluding hydrogens is 355 g/mol. The number of nitrogens with two attached hydrogens (primary N) is 2. The molecule has 0 bridgehead atoms. The van der Waals surface area contributed by atoms with E-state index in [4.69, 9.17) is 11.5 Å². The monoisotopic (exact) mass is 373 g/mol. The molecule has 27 heavy (non-hydrogen) atoms. The maximum Gasteiger partial charge on any atom is 0.416 e. The fourth-order valence-electron chi connectivity index (χ4n) is 3.24. The molecule has 0 fully saturated rings. The Morgan fingerprint density at radius 2 is 1.81 bits per heavy atom. The minimum absolute atomic E-state index is 0.319. The van der Waals surface area contributed by atoms with Crippen LogP contribution >= 0.6 is 0 Å². The molecule has 0 saturated carbocycles. The van der Waals surface area contributed by atoms with Crippen molar-refractivity contribution in [1.82, 2.24) is 0 Å². The number of carbonyl (C=O) groups is 1. The van der Waals surface area contributed by atoms with Crippen molar-refractivity contribution < 1.29 is 18.0 Å². The molecule has 0 aliphatic heterocycles. The summed E-state index contributed by atoms with van der Waals surface area (Å²) in [5.41, 5.74) is 14.0. The van der Waals surface area contributed by atoms with Gasteiger partial charge in [0.15, 0.2) is 5.96 Å². The highest BCUT2D eigenvalue weighted by Gasteiger charge is 2.31. The van der Waals surface area contributed by atoms with Crippen LogP contribution in [0, 0.1) is 6.92 Å². The molecule has 0 heterocycles. The van der Waals surface area contributed by atoms with Gasteiger partial charge in [0.25, 0.3) is 5.91 Å². The molecule has 1 amide bonds. The van der Waals surface area contributed by atoms with Gasteiger partial charge in [-0.15, -0.1) is 0 Å². The third-order valence-corrected chi connectivity index (χ3v) is 4.48. The number of rotatable bonds is 2. The summed E-state index contributed by atoms with van der Waals surface area (Å²) in [4.78, 5) is 15.7. The molecule has 7 heteroatoms. The number of hydrogen-bond acceptors (Lipinski definition) is 1. The normalized spacial score (nSPS) is 13.6. The van der Waals surface area contributed by atoms with E-state index < -0.39 is 17.6 Å². The van der Waals surface area contributed by atoms with Crippen LogP contribution in [-0.4, -0.2) is 11.9 Å². The standard InChI is InChI=1S/C20H18F3N3O/c1-11-9-14(20(21,22)23)7-8-15(11)16-4-2-3-12-5-6-13(10-17(12)16)18(27)26-19(24)25/h4-10H,2-3H2,1H3,(H4,24,25,26,27). The first kappa shape index (κ1) is 18.7. The van der Waals surface area contributed by atoms with E-state index in [1.54, 1.807) is 19.1 Å². The average Bonchev–Trinajstić information content (AvgIpc) is 2.59. The molecule has 0 aromatic heterocycles. The lowest BCUT2D eigenvalue weighted by atomic mass is 9.84. The van der Waals surface area contributed by atoms with Crippen LogP contribution in [0.5, 0.6) is 0 Å². The van der Waals surface area contributed by atoms with Crippen molar-refractivity contribution in [2.45, 2.75) is 25.9 Å². The summed E-state index contributed by atoms with van der Waals surface area (Å²) in [5, 5.41) is 0. The van der Waals surface area contributed by atoms with Crippen molar-refractivity contribution in [2.24, 2.45) is 16.5 Å². The molecule has 0 unspecified atom stereocenters. The first-order valence-electron chi connectivity index (χ1n) is 8.32. The van der Waals surface area contributed by atoms with Crippen LogP contribution in [0.15, 0.2) is 47.5 Å². The summed E-state index contributed by atoms with van der Waals surface area (Å²) in [7, 11) is 0. The van der Waals surface area contributed by atoms with Gasteiger partial charge in [-0.05, 0) is 71.9 Å². The zero-order chi connectivity index (χ0) is 19.8. The summed E-state index contributed by atoms with van der Waals surface area (Å²) in [6.07, 6.45) is -0.853. The highest BCUT2D eigenvalue weighted by atomic mass is 19.4. The fraction of sp³-hybridized carbons (Fsp3) is 0.200. The molecule has 140 valence electrons. The van der Waals surface area contributed by atoms with Crippen molar-refractivity contribution in [2.75, 3.05) is 0 Å². The van der Waals surface area contributed by atoms with E-state index in [9.17, 15) is 18.0 Å². The fourth-order valence-corrected chi connectivity index (χ4v) is 3.24. The maximum atomic E-state index is 12.9. The van der Waals surface area contributed by atoms with Crippen LogP contribution in [0.4, 0.5) is 13.2 Å². The second-order valence-electron chi connectivity index (χ2n) is 6.40. The van der Waals surface area contributed by atoms with E-state index in [-0.39, 0.29) is 5.96 Å². The molecule has 4 N–H and O–H groups in total. The van der Waals surface area contributed by atoms with Gasteiger partial charge in [-0.1, -0.05) is 18.2 Å². The number of nitrogens with zero attached hydrogens (tertiary/aromatic N) is 1. The third kappa shape index (κ3) is 3.86. The van der Waals surface area contributed by atoms with Gasteiger partial charge >= 0.3 is 6.18 Å². The first-order chi connectivity index (χ1) is 12.7. The Balaban J connectivity index is 2.06. The first-order valence-corrected chi connectivity index (χ1v) is 8.32. The quantitative estimate of drug-likeness (QED) is 0.620. The minimum Gasteiger partial charge on any atom is -0.370 e. The lowest BCUT2D eigenvalue weighted by molar-refractivity contribution is -0.137. The molecule has 0 atom stereocenters. The van der Waals surface area contributed by atoms with Gasteiger partial charge < -0.3 is 11.5 Å². The lowest BCUT2D eigenvalue weighted by Gasteiger charge is -2.21. The van der Waals surface area contributed by atoms with Crippen LogP contribution in [0.1, 0.15) is 44.6 Å². The number of guanidine groups is 1. The summed E-state index contributed by atoms with van der Waals surface area (Å²) in [6, 6.07) is 8.86. The van der Waals surface area contributed by atoms with Crippen molar-refractivity contribution in [3.63, 3.8) is 0 Å². The topological polar surface area (TPSA) is 81.5 Å². The average molecular weight is 373 g/mol. The zero-order valence-corrected chi connectivity index (χ0v) is 14.6. The van der Waals surface area contributed by atoms with Crippen LogP contribution in [0.3, 0.4) is 0 Å². The van der Waals surface area contributed by atoms with E-state index in [0.29, 0.717) is 16.7 Å². The second kappa shape index (κ2) is 6.90. The van der Waals surface area contributed by atoms with Crippen LogP contribution in [0.25, 0.3) is 5.57 Å². The summed E-state index contributed by atoms with van der Waals surface area (Å²) < 4.78 is 38.8. The van der Waals surface area contributed by atoms with Crippen molar-refractivity contribution in [1.29, 1.82) is 0 Å². The summed E-state index contributed by atoms with van der Waals surface area (Å²) in [5.74, 6) is -0.890. The number of fused-ring (bicyclic) bond motifs is 1. The lowest BCUT2D eigenvalue weighted by Crippen LogP contribution is -2.24. The predicted octanol–water partition coefficient (Wildman–Crippen LogP) is 3.81. The number of alkyl halides is 3. The van der Waals surface area contributed by atoms with Gasteiger partial charge in [0, 0.05) is 5.56 Å². The Kier molecular flexibility index (Phi) is 4.78. The molecule has 3 rings (SSSR count). The number of carbonyl (C=O) groups excluding carboxylic acids is 1. The molecule has 0 spiro atoms. The summed E-state index contributed by atoms with van der Waals surface area (Å²) in [6.45, 7) is 1.65. The number of benzene rings is 2.